The van der Waals surface area contributed by atoms with E-state index in [-0.39, 0.29) is 23.6 Å². The second-order valence-electron chi connectivity index (χ2n) is 6.35. The van der Waals surface area contributed by atoms with Crippen LogP contribution in [0.3, 0.4) is 0 Å². The van der Waals surface area contributed by atoms with E-state index >= 15 is 0 Å². The Morgan fingerprint density at radius 2 is 1.67 bits per heavy atom. The molecule has 27 heavy (non-hydrogen) atoms. The summed E-state index contributed by atoms with van der Waals surface area (Å²) in [5, 5.41) is 12.5. The molecule has 0 saturated carbocycles. The number of hydrogen-bond acceptors (Lipinski definition) is 4. The number of carbonyl (C=O) groups excluding carboxylic acids is 1. The highest BCUT2D eigenvalue weighted by molar-refractivity contribution is 7.89. The molecule has 3 aromatic rings. The van der Waals surface area contributed by atoms with Gasteiger partial charge in [-0.2, -0.15) is 0 Å². The summed E-state index contributed by atoms with van der Waals surface area (Å²) in [6.45, 7) is 1.53. The second-order valence-corrected chi connectivity index (χ2v) is 8.12. The number of ketones is 1. The molecule has 140 valence electrons. The number of benzene rings is 3. The average molecular weight is 383 g/mol. The van der Waals surface area contributed by atoms with Crippen molar-refractivity contribution in [2.24, 2.45) is 0 Å². The molecule has 1 unspecified atom stereocenters. The summed E-state index contributed by atoms with van der Waals surface area (Å²) in [6, 6.07) is 19.2. The third-order valence-corrected chi connectivity index (χ3v) is 5.94. The first-order chi connectivity index (χ1) is 12.9. The first-order valence-corrected chi connectivity index (χ1v) is 10.1. The van der Waals surface area contributed by atoms with Gasteiger partial charge in [0.25, 0.3) is 0 Å². The Morgan fingerprint density at radius 1 is 1.00 bits per heavy atom. The quantitative estimate of drug-likeness (QED) is 0.612. The molecule has 5 nitrogen and oxygen atoms in total. The molecule has 0 fully saturated rings. The first kappa shape index (κ1) is 19.2. The van der Waals surface area contributed by atoms with Gasteiger partial charge in [-0.1, -0.05) is 54.6 Å². The van der Waals surface area contributed by atoms with Crippen LogP contribution in [0.15, 0.2) is 71.6 Å². The minimum Gasteiger partial charge on any atom is -0.388 e. The summed E-state index contributed by atoms with van der Waals surface area (Å²) in [6.07, 6.45) is -0.530. The Labute approximate surface area is 158 Å². The predicted octanol–water partition coefficient (Wildman–Crippen LogP) is 3.44. The number of carbonyl (C=O) groups is 1. The molecule has 0 aliphatic rings. The van der Waals surface area contributed by atoms with Crippen molar-refractivity contribution in [2.45, 2.75) is 24.3 Å². The molecule has 6 heteroatoms. The SMILES string of the molecule is CC(=O)c1ccc(S(=O)(=O)NCCC(O)c2cccc3ccccc23)cc1. The minimum atomic E-state index is -3.70. The van der Waals surface area contributed by atoms with Crippen molar-refractivity contribution < 1.29 is 18.3 Å². The number of aliphatic hydroxyl groups excluding tert-OH is 1. The molecule has 1 atom stereocenters. The topological polar surface area (TPSA) is 83.5 Å². The van der Waals surface area contributed by atoms with Crippen molar-refractivity contribution >= 4 is 26.6 Å². The van der Waals surface area contributed by atoms with Crippen LogP contribution >= 0.6 is 0 Å². The number of sulfonamides is 1. The predicted molar refractivity (Wildman–Crippen MR) is 105 cm³/mol. The van der Waals surface area contributed by atoms with E-state index in [1.54, 1.807) is 0 Å². The van der Waals surface area contributed by atoms with Gasteiger partial charge in [0.1, 0.15) is 0 Å². The van der Waals surface area contributed by atoms with Gasteiger partial charge in [0.05, 0.1) is 11.0 Å². The molecule has 0 heterocycles. The zero-order chi connectivity index (χ0) is 19.4. The Balaban J connectivity index is 1.67. The fraction of sp³-hybridized carbons (Fsp3) is 0.190. The highest BCUT2D eigenvalue weighted by Gasteiger charge is 2.16. The maximum atomic E-state index is 12.4. The molecule has 3 aromatic carbocycles. The zero-order valence-electron chi connectivity index (χ0n) is 14.9. The summed E-state index contributed by atoms with van der Waals surface area (Å²) in [5.74, 6) is -0.120. The van der Waals surface area contributed by atoms with Crippen LogP contribution in [0.5, 0.6) is 0 Å². The molecule has 0 amide bonds. The lowest BCUT2D eigenvalue weighted by Gasteiger charge is -2.14. The van der Waals surface area contributed by atoms with Crippen LogP contribution in [0.1, 0.15) is 35.4 Å². The summed E-state index contributed by atoms with van der Waals surface area (Å²) in [5.41, 5.74) is 1.23. The van der Waals surface area contributed by atoms with Gasteiger partial charge in [-0.05, 0) is 41.8 Å². The van der Waals surface area contributed by atoms with E-state index in [1.807, 2.05) is 42.5 Å². The maximum absolute atomic E-state index is 12.4. The van der Waals surface area contributed by atoms with Gasteiger partial charge in [-0.15, -0.1) is 0 Å². The Kier molecular flexibility index (Phi) is 5.70. The van der Waals surface area contributed by atoms with Crippen LogP contribution in [0, 0.1) is 0 Å². The highest BCUT2D eigenvalue weighted by atomic mass is 32.2. The van der Waals surface area contributed by atoms with E-state index in [2.05, 4.69) is 4.72 Å². The lowest BCUT2D eigenvalue weighted by Crippen LogP contribution is -2.26. The van der Waals surface area contributed by atoms with Crippen molar-refractivity contribution in [3.8, 4) is 0 Å². The van der Waals surface area contributed by atoms with E-state index in [4.69, 9.17) is 0 Å². The first-order valence-electron chi connectivity index (χ1n) is 8.65. The Bertz CT molecular complexity index is 1050. The van der Waals surface area contributed by atoms with Crippen LogP contribution in [-0.4, -0.2) is 25.9 Å². The van der Waals surface area contributed by atoms with Gasteiger partial charge >= 0.3 is 0 Å². The monoisotopic (exact) mass is 383 g/mol. The normalized spacial score (nSPS) is 12.8. The summed E-state index contributed by atoms with van der Waals surface area (Å²) >= 11 is 0. The minimum absolute atomic E-state index is 0.0900. The van der Waals surface area contributed by atoms with Crippen LogP contribution in [0.4, 0.5) is 0 Å². The number of aliphatic hydroxyl groups is 1. The Hall–Kier alpha value is -2.54. The van der Waals surface area contributed by atoms with Crippen LogP contribution in [0.25, 0.3) is 10.8 Å². The fourth-order valence-electron chi connectivity index (χ4n) is 2.98. The summed E-state index contributed by atoms with van der Waals surface area (Å²) < 4.78 is 27.2. The summed E-state index contributed by atoms with van der Waals surface area (Å²) in [7, 11) is -3.70. The molecular weight excluding hydrogens is 362 g/mol. The number of fused-ring (bicyclic) bond motifs is 1. The number of Topliss-reactive ketones (excluding diaryl/α,β-unsaturated/α-hetero) is 1. The van der Waals surface area contributed by atoms with Gasteiger partial charge < -0.3 is 5.11 Å². The lowest BCUT2D eigenvalue weighted by atomic mass is 9.99. The van der Waals surface area contributed by atoms with Crippen molar-refractivity contribution in [1.82, 2.24) is 4.72 Å². The third-order valence-electron chi connectivity index (χ3n) is 4.46. The Morgan fingerprint density at radius 3 is 2.37 bits per heavy atom. The third kappa shape index (κ3) is 4.42. The van der Waals surface area contributed by atoms with E-state index in [0.29, 0.717) is 5.56 Å². The molecule has 3 rings (SSSR count). The molecule has 0 bridgehead atoms. The van der Waals surface area contributed by atoms with Gasteiger partial charge in [-0.3, -0.25) is 4.79 Å². The molecule has 0 saturated heterocycles. The number of nitrogens with one attached hydrogen (secondary N) is 1. The lowest BCUT2D eigenvalue weighted by molar-refractivity contribution is 0.101. The van der Waals surface area contributed by atoms with E-state index in [1.165, 1.54) is 31.2 Å². The van der Waals surface area contributed by atoms with Crippen molar-refractivity contribution in [3.63, 3.8) is 0 Å². The number of hydrogen-bond donors (Lipinski definition) is 2. The largest absolute Gasteiger partial charge is 0.388 e. The second kappa shape index (κ2) is 8.00. The maximum Gasteiger partial charge on any atom is 0.240 e. The van der Waals surface area contributed by atoms with Crippen molar-refractivity contribution in [2.75, 3.05) is 6.54 Å². The van der Waals surface area contributed by atoms with E-state index in [9.17, 15) is 18.3 Å². The van der Waals surface area contributed by atoms with Crippen LogP contribution in [0.2, 0.25) is 0 Å². The molecule has 0 aliphatic heterocycles. The molecule has 2 N–H and O–H groups in total. The van der Waals surface area contributed by atoms with Gasteiger partial charge in [0.15, 0.2) is 5.78 Å². The highest BCUT2D eigenvalue weighted by Crippen LogP contribution is 2.26. The van der Waals surface area contributed by atoms with Crippen molar-refractivity contribution in [1.29, 1.82) is 0 Å². The molecule has 0 spiro atoms. The van der Waals surface area contributed by atoms with E-state index < -0.39 is 16.1 Å². The molecule has 0 radical (unpaired) electrons. The van der Waals surface area contributed by atoms with Gasteiger partial charge in [0, 0.05) is 12.1 Å². The molecule has 0 aliphatic carbocycles. The van der Waals surface area contributed by atoms with Crippen LogP contribution in [-0.2, 0) is 10.0 Å². The zero-order valence-corrected chi connectivity index (χ0v) is 15.7. The standard InChI is InChI=1S/C21H21NO4S/c1-15(23)16-9-11-18(12-10-16)27(25,26)22-14-13-21(24)20-8-4-6-17-5-2-3-7-19(17)20/h2-12,21-22,24H,13-14H2,1H3. The smallest absolute Gasteiger partial charge is 0.240 e. The molecule has 0 aromatic heterocycles. The van der Waals surface area contributed by atoms with Crippen molar-refractivity contribution in [3.05, 3.63) is 77.9 Å². The van der Waals surface area contributed by atoms with Gasteiger partial charge in [-0.25, -0.2) is 13.1 Å². The summed E-state index contributed by atoms with van der Waals surface area (Å²) in [4.78, 5) is 11.4. The fourth-order valence-corrected chi connectivity index (χ4v) is 4.03. The van der Waals surface area contributed by atoms with Gasteiger partial charge in [0.2, 0.25) is 10.0 Å². The van der Waals surface area contributed by atoms with E-state index in [0.717, 1.165) is 16.3 Å². The average Bonchev–Trinajstić information content (AvgIpc) is 2.67. The number of rotatable bonds is 7. The molecular formula is C21H21NO4S. The van der Waals surface area contributed by atoms with Crippen LogP contribution < -0.4 is 4.72 Å².